The minimum absolute atomic E-state index is 0.000674. The second-order valence-electron chi connectivity index (χ2n) is 11.5. The maximum Gasteiger partial charge on any atom is 0.231 e. The van der Waals surface area contributed by atoms with Gasteiger partial charge in [-0.25, -0.2) is 4.99 Å². The Hall–Kier alpha value is -2.45. The predicted molar refractivity (Wildman–Crippen MR) is 132 cm³/mol. The van der Waals surface area contributed by atoms with Gasteiger partial charge in [0.2, 0.25) is 24.7 Å². The van der Waals surface area contributed by atoms with Gasteiger partial charge >= 0.3 is 0 Å². The average Bonchev–Trinajstić information content (AvgIpc) is 3.56. The van der Waals surface area contributed by atoms with Crippen LogP contribution in [-0.4, -0.2) is 114 Å². The summed E-state index contributed by atoms with van der Waals surface area (Å²) in [5.74, 6) is 2.56. The van der Waals surface area contributed by atoms with Crippen molar-refractivity contribution in [2.24, 2.45) is 16.8 Å². The van der Waals surface area contributed by atoms with Crippen LogP contribution in [0.3, 0.4) is 0 Å². The molecular weight excluding hydrogens is 512 g/mol. The lowest BCUT2D eigenvalue weighted by molar-refractivity contribution is -0.277. The SMILES string of the molecule is COC/C=C1\CN2[C@H]3C[C@@H]1[C@@H]1COC4=Nc5cc6c(c(O[C@@H]7O[C@H](CO)[C@@H](O)[C@H](O)[C@H]7O)c5[C@@]43C[C@@H]12)OCO6. The van der Waals surface area contributed by atoms with Crippen LogP contribution in [0, 0.1) is 11.8 Å². The van der Waals surface area contributed by atoms with Crippen molar-refractivity contribution < 1.29 is 48.8 Å². The zero-order valence-electron chi connectivity index (χ0n) is 21.4. The third-order valence-electron chi connectivity index (χ3n) is 9.91. The van der Waals surface area contributed by atoms with E-state index >= 15 is 0 Å². The van der Waals surface area contributed by atoms with Crippen molar-refractivity contribution in [2.75, 3.05) is 40.3 Å². The normalized spacial score (nSPS) is 45.2. The maximum absolute atomic E-state index is 10.8. The molecule has 9 rings (SSSR count). The van der Waals surface area contributed by atoms with Crippen molar-refractivity contribution in [2.45, 2.75) is 61.0 Å². The molecule has 1 aromatic rings. The first-order valence-corrected chi connectivity index (χ1v) is 13.6. The van der Waals surface area contributed by atoms with Crippen LogP contribution in [0.2, 0.25) is 0 Å². The van der Waals surface area contributed by atoms with Crippen molar-refractivity contribution in [1.82, 2.24) is 4.90 Å². The molecule has 1 aromatic carbocycles. The molecule has 1 unspecified atom stereocenters. The van der Waals surface area contributed by atoms with Gasteiger partial charge in [0.05, 0.1) is 30.9 Å². The van der Waals surface area contributed by atoms with Crippen molar-refractivity contribution in [3.63, 3.8) is 0 Å². The summed E-state index contributed by atoms with van der Waals surface area (Å²) in [6, 6.07) is 2.29. The Kier molecular flexibility index (Phi) is 5.32. The largest absolute Gasteiger partial charge is 0.480 e. The molecule has 0 amide bonds. The number of fused-ring (bicyclic) bond motifs is 3. The van der Waals surface area contributed by atoms with E-state index in [1.807, 2.05) is 6.07 Å². The number of aliphatic hydroxyl groups excluding tert-OH is 4. The Morgan fingerprint density at radius 2 is 2.05 bits per heavy atom. The van der Waals surface area contributed by atoms with E-state index in [4.69, 9.17) is 33.4 Å². The minimum atomic E-state index is -1.57. The number of methoxy groups -OCH3 is 1. The van der Waals surface area contributed by atoms with Gasteiger partial charge < -0.3 is 48.8 Å². The van der Waals surface area contributed by atoms with Crippen molar-refractivity contribution in [3.8, 4) is 17.2 Å². The summed E-state index contributed by atoms with van der Waals surface area (Å²) in [5, 5.41) is 41.2. The molecule has 0 aliphatic carbocycles. The summed E-state index contributed by atoms with van der Waals surface area (Å²) < 4.78 is 35.5. The van der Waals surface area contributed by atoms with Crippen molar-refractivity contribution in [3.05, 3.63) is 23.3 Å². The van der Waals surface area contributed by atoms with Crippen LogP contribution in [-0.2, 0) is 19.6 Å². The Labute approximate surface area is 224 Å². The summed E-state index contributed by atoms with van der Waals surface area (Å²) in [7, 11) is 1.71. The predicted octanol–water partition coefficient (Wildman–Crippen LogP) is -0.429. The molecule has 1 spiro atoms. The molecule has 4 N–H and O–H groups in total. The van der Waals surface area contributed by atoms with E-state index in [-0.39, 0.29) is 12.8 Å². The van der Waals surface area contributed by atoms with Crippen LogP contribution in [0.25, 0.3) is 0 Å². The highest BCUT2D eigenvalue weighted by atomic mass is 16.7. The minimum Gasteiger partial charge on any atom is -0.480 e. The zero-order chi connectivity index (χ0) is 26.6. The molecule has 0 radical (unpaired) electrons. The van der Waals surface area contributed by atoms with E-state index in [2.05, 4.69) is 11.0 Å². The molecular formula is C27H32N2O10. The van der Waals surface area contributed by atoms with Crippen LogP contribution < -0.4 is 14.2 Å². The highest BCUT2D eigenvalue weighted by molar-refractivity contribution is 6.00. The van der Waals surface area contributed by atoms with E-state index in [0.717, 1.165) is 24.9 Å². The second kappa shape index (κ2) is 8.53. The van der Waals surface area contributed by atoms with Gasteiger partial charge in [0.1, 0.15) is 24.4 Å². The van der Waals surface area contributed by atoms with Gasteiger partial charge in [-0.15, -0.1) is 0 Å². The van der Waals surface area contributed by atoms with E-state index < -0.39 is 42.7 Å². The number of ether oxygens (including phenoxy) is 6. The summed E-state index contributed by atoms with van der Waals surface area (Å²) in [5.41, 5.74) is 2.28. The molecule has 5 bridgehead atoms. The first-order valence-electron chi connectivity index (χ1n) is 13.6. The summed E-state index contributed by atoms with van der Waals surface area (Å²) in [4.78, 5) is 7.55. The van der Waals surface area contributed by atoms with Gasteiger partial charge in [-0.1, -0.05) is 11.6 Å². The van der Waals surface area contributed by atoms with Crippen LogP contribution in [0.5, 0.6) is 17.2 Å². The quantitative estimate of drug-likeness (QED) is 0.358. The number of hydrogen-bond donors (Lipinski definition) is 4. The molecule has 8 aliphatic heterocycles. The number of piperidine rings is 3. The molecule has 0 aromatic heterocycles. The van der Waals surface area contributed by atoms with Gasteiger partial charge in [-0.3, -0.25) is 4.90 Å². The molecule has 8 aliphatic rings. The number of hydrogen-bond acceptors (Lipinski definition) is 12. The van der Waals surface area contributed by atoms with E-state index in [1.54, 1.807) is 7.11 Å². The molecule has 6 saturated heterocycles. The van der Waals surface area contributed by atoms with Crippen molar-refractivity contribution >= 4 is 11.6 Å². The smallest absolute Gasteiger partial charge is 0.231 e. The number of benzene rings is 1. The maximum atomic E-state index is 10.8. The number of rotatable bonds is 5. The Bertz CT molecular complexity index is 1270. The van der Waals surface area contributed by atoms with Crippen LogP contribution in [0.15, 0.2) is 22.7 Å². The van der Waals surface area contributed by atoms with Gasteiger partial charge in [0, 0.05) is 43.3 Å². The lowest BCUT2D eigenvalue weighted by Gasteiger charge is -2.54. The lowest BCUT2D eigenvalue weighted by atomic mass is 9.68. The Morgan fingerprint density at radius 1 is 1.18 bits per heavy atom. The summed E-state index contributed by atoms with van der Waals surface area (Å²) in [6.07, 6.45) is -3.13. The van der Waals surface area contributed by atoms with Gasteiger partial charge in [0.15, 0.2) is 11.5 Å². The molecule has 0 saturated carbocycles. The van der Waals surface area contributed by atoms with Crippen LogP contribution >= 0.6 is 0 Å². The van der Waals surface area contributed by atoms with Crippen LogP contribution in [0.1, 0.15) is 18.4 Å². The Balaban J connectivity index is 1.24. The zero-order valence-corrected chi connectivity index (χ0v) is 21.4. The topological polar surface area (TPSA) is 152 Å². The number of aliphatic imine (C=N–C) groups is 1. The first-order chi connectivity index (χ1) is 19.0. The van der Waals surface area contributed by atoms with Crippen LogP contribution in [0.4, 0.5) is 5.69 Å². The molecule has 39 heavy (non-hydrogen) atoms. The van der Waals surface area contributed by atoms with Gasteiger partial charge in [-0.2, -0.15) is 0 Å². The highest BCUT2D eigenvalue weighted by Gasteiger charge is 2.70. The van der Waals surface area contributed by atoms with Crippen molar-refractivity contribution in [1.29, 1.82) is 0 Å². The lowest BCUT2D eigenvalue weighted by Crippen LogP contribution is -2.61. The third-order valence-corrected chi connectivity index (χ3v) is 9.91. The first kappa shape index (κ1) is 24.4. The molecule has 210 valence electrons. The second-order valence-corrected chi connectivity index (χ2v) is 11.5. The standard InChI is InChI=1S/C27H32N2O10/c1-34-3-2-11-7-29-15-6-27-18(29)4-12(11)13(15)9-35-26(27)28-14-5-16-23(37-10-36-16)24(19(14)27)39-25-22(33)21(32)20(31)17(8-30)38-25/h2,5,12-13,15,17-18,20-22,25,30-33H,3-4,6-10H2,1H3/b11-2+/t12-,13-,15-,17+,18-,20+,21-,22+,25-,27-/m0/s1. The fourth-order valence-corrected chi connectivity index (χ4v) is 8.19. The fraction of sp³-hybridized carbons (Fsp3) is 0.667. The fourth-order valence-electron chi connectivity index (χ4n) is 8.19. The van der Waals surface area contributed by atoms with E-state index in [0.29, 0.717) is 59.9 Å². The molecule has 8 heterocycles. The monoisotopic (exact) mass is 544 g/mol. The molecule has 6 fully saturated rings. The van der Waals surface area contributed by atoms with E-state index in [1.165, 1.54) is 5.57 Å². The van der Waals surface area contributed by atoms with Gasteiger partial charge in [0.25, 0.3) is 0 Å². The molecule has 12 nitrogen and oxygen atoms in total. The number of aliphatic hydroxyl groups is 4. The Morgan fingerprint density at radius 3 is 2.87 bits per heavy atom. The highest BCUT2D eigenvalue weighted by Crippen LogP contribution is 2.66. The number of nitrogens with zero attached hydrogens (tertiary/aromatic N) is 2. The van der Waals surface area contributed by atoms with E-state index in [9.17, 15) is 20.4 Å². The summed E-state index contributed by atoms with van der Waals surface area (Å²) >= 11 is 0. The molecule has 11 atom stereocenters. The average molecular weight is 545 g/mol. The van der Waals surface area contributed by atoms with Gasteiger partial charge in [-0.05, 0) is 18.8 Å². The molecule has 12 heteroatoms. The summed E-state index contributed by atoms with van der Waals surface area (Å²) in [6.45, 7) is 1.48. The third kappa shape index (κ3) is 3.10.